The molecule has 0 aliphatic carbocycles. The van der Waals surface area contributed by atoms with Gasteiger partial charge >= 0.3 is 0 Å². The van der Waals surface area contributed by atoms with Crippen molar-refractivity contribution in [1.29, 1.82) is 0 Å². The molecule has 1 aliphatic heterocycles. The van der Waals surface area contributed by atoms with E-state index in [9.17, 15) is 4.79 Å². The van der Waals surface area contributed by atoms with Crippen LogP contribution in [0.3, 0.4) is 0 Å². The van der Waals surface area contributed by atoms with Crippen molar-refractivity contribution in [3.05, 3.63) is 29.8 Å². The highest BCUT2D eigenvalue weighted by atomic mass is 16.5. The summed E-state index contributed by atoms with van der Waals surface area (Å²) in [5, 5.41) is 0. The third-order valence-corrected chi connectivity index (χ3v) is 2.86. The Labute approximate surface area is 95.6 Å². The molecule has 0 saturated heterocycles. The van der Waals surface area contributed by atoms with Crippen LogP contribution in [0.4, 0.5) is 0 Å². The highest BCUT2D eigenvalue weighted by Crippen LogP contribution is 2.34. The lowest BCUT2D eigenvalue weighted by Crippen LogP contribution is -2.21. The van der Waals surface area contributed by atoms with Gasteiger partial charge in [0.05, 0.1) is 6.61 Å². The Hall–Kier alpha value is -1.75. The largest absolute Gasteiger partial charge is 0.493 e. The van der Waals surface area contributed by atoms with E-state index in [1.54, 1.807) is 0 Å². The van der Waals surface area contributed by atoms with Gasteiger partial charge in [0.2, 0.25) is 0 Å². The molecule has 0 radical (unpaired) electrons. The molecule has 1 atom stereocenters. The fourth-order valence-electron chi connectivity index (χ4n) is 2.05. The quantitative estimate of drug-likeness (QED) is 0.723. The monoisotopic (exact) mass is 214 g/mol. The second-order valence-corrected chi connectivity index (χ2v) is 3.90. The average molecular weight is 214 g/mol. The van der Waals surface area contributed by atoms with Crippen LogP contribution in [0.2, 0.25) is 0 Å². The van der Waals surface area contributed by atoms with Crippen molar-refractivity contribution in [3.63, 3.8) is 0 Å². The summed E-state index contributed by atoms with van der Waals surface area (Å²) >= 11 is 0. The molecule has 0 aromatic heterocycles. The Kier molecular flexibility index (Phi) is 3.26. The maximum atomic E-state index is 12.0. The third kappa shape index (κ3) is 2.09. The number of ketones is 1. The minimum absolute atomic E-state index is 0.0294. The van der Waals surface area contributed by atoms with Crippen molar-refractivity contribution < 1.29 is 9.53 Å². The summed E-state index contributed by atoms with van der Waals surface area (Å²) in [4.78, 5) is 12.0. The van der Waals surface area contributed by atoms with E-state index in [1.165, 1.54) is 0 Å². The van der Waals surface area contributed by atoms with Gasteiger partial charge in [-0.1, -0.05) is 18.2 Å². The number of carbonyl (C=O) groups is 1. The van der Waals surface area contributed by atoms with E-state index in [1.807, 2.05) is 24.3 Å². The number of ether oxygens (including phenoxy) is 1. The van der Waals surface area contributed by atoms with Crippen LogP contribution in [0.1, 0.15) is 30.7 Å². The minimum Gasteiger partial charge on any atom is -0.493 e. The van der Waals surface area contributed by atoms with Crippen molar-refractivity contribution in [2.45, 2.75) is 25.2 Å². The molecule has 0 fully saturated rings. The van der Waals surface area contributed by atoms with Gasteiger partial charge in [0.1, 0.15) is 11.5 Å². The molecule has 2 heteroatoms. The molecule has 1 heterocycles. The Balaban J connectivity index is 2.19. The van der Waals surface area contributed by atoms with E-state index in [2.05, 4.69) is 5.92 Å². The number of para-hydroxylation sites is 1. The van der Waals surface area contributed by atoms with Crippen LogP contribution in [0, 0.1) is 12.3 Å². The molecule has 0 N–H and O–H groups in total. The molecule has 82 valence electrons. The molecule has 1 aromatic rings. The summed E-state index contributed by atoms with van der Waals surface area (Å²) < 4.78 is 5.52. The summed E-state index contributed by atoms with van der Waals surface area (Å²) in [5.74, 6) is 3.55. The van der Waals surface area contributed by atoms with E-state index in [0.717, 1.165) is 17.7 Å². The number of Topliss-reactive ketones (excluding diaryl/α,β-unsaturated/α-hetero) is 1. The number of carbonyl (C=O) groups excluding carboxylic acids is 1. The molecule has 0 amide bonds. The molecule has 1 unspecified atom stereocenters. The van der Waals surface area contributed by atoms with Crippen LogP contribution in [0.5, 0.6) is 5.75 Å². The lowest BCUT2D eigenvalue weighted by molar-refractivity contribution is -0.121. The fourth-order valence-corrected chi connectivity index (χ4v) is 2.05. The van der Waals surface area contributed by atoms with Gasteiger partial charge in [-0.05, 0) is 12.5 Å². The van der Waals surface area contributed by atoms with Gasteiger partial charge in [-0.2, -0.15) is 0 Å². The molecule has 2 nitrogen and oxygen atoms in total. The highest BCUT2D eigenvalue weighted by molar-refractivity contribution is 5.86. The second-order valence-electron chi connectivity index (χ2n) is 3.90. The van der Waals surface area contributed by atoms with Gasteiger partial charge < -0.3 is 4.74 Å². The van der Waals surface area contributed by atoms with Gasteiger partial charge in [-0.15, -0.1) is 12.3 Å². The molecular formula is C14H14O2. The van der Waals surface area contributed by atoms with Crippen LogP contribution >= 0.6 is 0 Å². The lowest BCUT2D eigenvalue weighted by atomic mass is 9.87. The molecule has 2 rings (SSSR count). The zero-order valence-corrected chi connectivity index (χ0v) is 9.11. The van der Waals surface area contributed by atoms with Crippen LogP contribution < -0.4 is 4.74 Å². The van der Waals surface area contributed by atoms with Crippen molar-refractivity contribution in [1.82, 2.24) is 0 Å². The SMILES string of the molecule is C#CCCC(=O)C1CCOc2ccccc21. The lowest BCUT2D eigenvalue weighted by Gasteiger charge is -2.24. The Bertz CT molecular complexity index is 429. The Morgan fingerprint density at radius 1 is 1.50 bits per heavy atom. The van der Waals surface area contributed by atoms with Crippen LogP contribution in [0.15, 0.2) is 24.3 Å². The van der Waals surface area contributed by atoms with Crippen molar-refractivity contribution >= 4 is 5.78 Å². The first kappa shape index (κ1) is 10.8. The number of benzene rings is 1. The smallest absolute Gasteiger partial charge is 0.141 e. The van der Waals surface area contributed by atoms with E-state index >= 15 is 0 Å². The fraction of sp³-hybridized carbons (Fsp3) is 0.357. The molecule has 16 heavy (non-hydrogen) atoms. The van der Waals surface area contributed by atoms with Crippen molar-refractivity contribution in [2.75, 3.05) is 6.61 Å². The standard InChI is InChI=1S/C14H14O2/c1-2-3-7-13(15)11-9-10-16-14-8-5-4-6-12(11)14/h1,4-6,8,11H,3,7,9-10H2. The number of fused-ring (bicyclic) bond motifs is 1. The molecule has 1 aromatic carbocycles. The maximum absolute atomic E-state index is 12.0. The summed E-state index contributed by atoms with van der Waals surface area (Å²) in [6.07, 6.45) is 6.93. The number of rotatable bonds is 3. The van der Waals surface area contributed by atoms with Gasteiger partial charge in [0, 0.05) is 24.3 Å². The molecule has 1 aliphatic rings. The number of hydrogen-bond acceptors (Lipinski definition) is 2. The summed E-state index contributed by atoms with van der Waals surface area (Å²) in [5.41, 5.74) is 1.01. The van der Waals surface area contributed by atoms with Crippen LogP contribution in [-0.2, 0) is 4.79 Å². The van der Waals surface area contributed by atoms with Gasteiger partial charge in [-0.25, -0.2) is 0 Å². The molecule has 0 bridgehead atoms. The first-order valence-electron chi connectivity index (χ1n) is 5.51. The van der Waals surface area contributed by atoms with Crippen molar-refractivity contribution in [2.24, 2.45) is 0 Å². The van der Waals surface area contributed by atoms with E-state index < -0.39 is 0 Å². The summed E-state index contributed by atoms with van der Waals surface area (Å²) in [6, 6.07) is 7.74. The number of hydrogen-bond donors (Lipinski definition) is 0. The highest BCUT2D eigenvalue weighted by Gasteiger charge is 2.26. The predicted octanol–water partition coefficient (Wildman–Crippen LogP) is 2.54. The normalized spacial score (nSPS) is 18.1. The first-order valence-corrected chi connectivity index (χ1v) is 5.51. The molecular weight excluding hydrogens is 200 g/mol. The zero-order chi connectivity index (χ0) is 11.4. The van der Waals surface area contributed by atoms with Gasteiger partial charge in [0.25, 0.3) is 0 Å². The zero-order valence-electron chi connectivity index (χ0n) is 9.11. The summed E-state index contributed by atoms with van der Waals surface area (Å²) in [6.45, 7) is 0.615. The summed E-state index contributed by atoms with van der Waals surface area (Å²) in [7, 11) is 0. The van der Waals surface area contributed by atoms with E-state index in [0.29, 0.717) is 19.4 Å². The van der Waals surface area contributed by atoms with Gasteiger partial charge in [-0.3, -0.25) is 4.79 Å². The van der Waals surface area contributed by atoms with E-state index in [-0.39, 0.29) is 11.7 Å². The second kappa shape index (κ2) is 4.85. The molecule has 0 saturated carbocycles. The van der Waals surface area contributed by atoms with Gasteiger partial charge in [0.15, 0.2) is 0 Å². The predicted molar refractivity (Wildman–Crippen MR) is 62.4 cm³/mol. The van der Waals surface area contributed by atoms with Crippen molar-refractivity contribution in [3.8, 4) is 18.1 Å². The first-order chi connectivity index (χ1) is 7.83. The average Bonchev–Trinajstić information content (AvgIpc) is 2.35. The Morgan fingerprint density at radius 2 is 2.31 bits per heavy atom. The third-order valence-electron chi connectivity index (χ3n) is 2.86. The topological polar surface area (TPSA) is 26.3 Å². The van der Waals surface area contributed by atoms with Crippen LogP contribution in [0.25, 0.3) is 0 Å². The molecule has 0 spiro atoms. The van der Waals surface area contributed by atoms with E-state index in [4.69, 9.17) is 11.2 Å². The Morgan fingerprint density at radius 3 is 3.12 bits per heavy atom. The number of terminal acetylenes is 1. The van der Waals surface area contributed by atoms with Crippen LogP contribution in [-0.4, -0.2) is 12.4 Å². The minimum atomic E-state index is -0.0294. The maximum Gasteiger partial charge on any atom is 0.141 e.